The Morgan fingerprint density at radius 3 is 2.31 bits per heavy atom. The Morgan fingerprint density at radius 2 is 1.77 bits per heavy atom. The van der Waals surface area contributed by atoms with Crippen molar-refractivity contribution in [3.8, 4) is 5.75 Å². The average molecular weight is 547 g/mol. The van der Waals surface area contributed by atoms with Gasteiger partial charge >= 0.3 is 28.5 Å². The first-order valence-corrected chi connectivity index (χ1v) is 10.7. The first-order chi connectivity index (χ1) is 15.7. The van der Waals surface area contributed by atoms with Gasteiger partial charge in [0.1, 0.15) is 23.4 Å². The number of halogens is 8. The molecule has 1 aromatic rings. The van der Waals surface area contributed by atoms with Gasteiger partial charge in [-0.2, -0.15) is 13.2 Å². The van der Waals surface area contributed by atoms with E-state index in [0.717, 1.165) is 6.92 Å². The van der Waals surface area contributed by atoms with E-state index in [-0.39, 0.29) is 24.3 Å². The Morgan fingerprint density at radius 1 is 1.14 bits per heavy atom. The second-order valence-corrected chi connectivity index (χ2v) is 9.11. The van der Waals surface area contributed by atoms with Crippen molar-refractivity contribution in [2.75, 3.05) is 13.4 Å². The summed E-state index contributed by atoms with van der Waals surface area (Å²) >= 11 is 0. The lowest BCUT2D eigenvalue weighted by Crippen LogP contribution is -2.41. The molecule has 0 aliphatic carbocycles. The number of ether oxygens (including phenoxy) is 4. The van der Waals surface area contributed by atoms with Gasteiger partial charge in [-0.25, -0.2) is 9.59 Å². The van der Waals surface area contributed by atoms with Crippen molar-refractivity contribution < 1.29 is 71.1 Å². The molecule has 2 atom stereocenters. The summed E-state index contributed by atoms with van der Waals surface area (Å²) in [5.41, 5.74) is -2.36. The molecule has 19 heteroatoms. The lowest BCUT2D eigenvalue weighted by Gasteiger charge is -2.41. The fourth-order valence-corrected chi connectivity index (χ4v) is 3.12. The van der Waals surface area contributed by atoms with Crippen LogP contribution >= 0.6 is 10.2 Å². The van der Waals surface area contributed by atoms with Gasteiger partial charge < -0.3 is 23.8 Å². The Balaban J connectivity index is 2.16. The predicted octanol–water partition coefficient (Wildman–Crippen LogP) is 5.30. The molecule has 0 saturated carbocycles. The van der Waals surface area contributed by atoms with Crippen molar-refractivity contribution in [1.82, 2.24) is 0 Å². The molecule has 1 aromatic carbocycles. The number of hydrogen-bond acceptors (Lipinski definition) is 9. The maximum absolute atomic E-state index is 13.3. The molecule has 1 aliphatic rings. The van der Waals surface area contributed by atoms with Crippen molar-refractivity contribution >= 4 is 28.4 Å². The molecule has 198 valence electrons. The van der Waals surface area contributed by atoms with Gasteiger partial charge in [0.05, 0.1) is 5.57 Å². The summed E-state index contributed by atoms with van der Waals surface area (Å²) in [5.74, 6) is -2.76. The Labute approximate surface area is 189 Å². The van der Waals surface area contributed by atoms with E-state index < -0.39 is 81.0 Å². The molecule has 35 heavy (non-hydrogen) atoms. The van der Waals surface area contributed by atoms with Crippen LogP contribution in [0, 0.1) is 10.1 Å². The number of alkyl halides is 3. The van der Waals surface area contributed by atoms with Crippen molar-refractivity contribution in [2.24, 2.45) is 0 Å². The fraction of sp³-hybridized carbons (Fsp3) is 0.375. The van der Waals surface area contributed by atoms with Gasteiger partial charge in [0.25, 0.3) is 5.09 Å². The number of esters is 1. The molecular weight excluding hydrogens is 534 g/mol. The monoisotopic (exact) mass is 547 g/mol. The van der Waals surface area contributed by atoms with Crippen LogP contribution in [0.15, 0.2) is 28.7 Å². The number of carbonyl (C=O) groups excluding carboxylic acids is 2. The highest BCUT2D eigenvalue weighted by atomic mass is 32.5. The molecule has 10 nitrogen and oxygen atoms in total. The molecule has 0 spiro atoms. The zero-order valence-corrected chi connectivity index (χ0v) is 17.7. The number of benzene rings is 1. The molecular formula is C16H13F8NO9S. The van der Waals surface area contributed by atoms with Gasteiger partial charge in [-0.05, 0) is 31.2 Å². The molecule has 0 fully saturated rings. The van der Waals surface area contributed by atoms with Crippen LogP contribution in [0.2, 0.25) is 0 Å². The number of hydrogen-bond donors (Lipinski definition) is 0. The molecule has 0 aromatic heterocycles. The zero-order chi connectivity index (χ0) is 26.9. The van der Waals surface area contributed by atoms with E-state index in [1.165, 1.54) is 0 Å². The normalized spacial score (nSPS) is 18.4. The largest absolute Gasteiger partial charge is 0.511 e. The molecule has 1 aliphatic heterocycles. The van der Waals surface area contributed by atoms with Crippen LogP contribution in [0.3, 0.4) is 0 Å². The smallest absolute Gasteiger partial charge is 0.475 e. The maximum atomic E-state index is 13.3. The van der Waals surface area contributed by atoms with Crippen molar-refractivity contribution in [3.05, 3.63) is 39.4 Å². The molecule has 0 amide bonds. The van der Waals surface area contributed by atoms with Gasteiger partial charge in [-0.1, -0.05) is 19.4 Å². The van der Waals surface area contributed by atoms with Crippen molar-refractivity contribution in [2.45, 2.75) is 30.2 Å². The van der Waals surface area contributed by atoms with Crippen LogP contribution in [0.25, 0.3) is 6.08 Å². The van der Waals surface area contributed by atoms with E-state index >= 15 is 0 Å². The third-order valence-electron chi connectivity index (χ3n) is 3.87. The van der Waals surface area contributed by atoms with Crippen molar-refractivity contribution in [3.63, 3.8) is 0 Å². The maximum Gasteiger partial charge on any atom is 0.511 e. The third-order valence-corrected chi connectivity index (χ3v) is 5.01. The Kier molecular flexibility index (Phi) is 6.82. The molecule has 0 saturated heterocycles. The fourth-order valence-electron chi connectivity index (χ4n) is 2.45. The second-order valence-electron chi connectivity index (χ2n) is 6.70. The zero-order valence-electron chi connectivity index (χ0n) is 16.9. The van der Waals surface area contributed by atoms with E-state index in [0.29, 0.717) is 0 Å². The topological polar surface area (TPSA) is 123 Å². The van der Waals surface area contributed by atoms with Gasteiger partial charge in [-0.3, -0.25) is 0 Å². The van der Waals surface area contributed by atoms with Gasteiger partial charge in [-0.15, -0.1) is 10.1 Å². The Bertz CT molecular complexity index is 1060. The first kappa shape index (κ1) is 27.7. The van der Waals surface area contributed by atoms with Crippen LogP contribution in [-0.4, -0.2) is 49.0 Å². The summed E-state index contributed by atoms with van der Waals surface area (Å²) in [7, 11) is -10.2. The summed E-state index contributed by atoms with van der Waals surface area (Å²) < 4.78 is 122. The third kappa shape index (κ3) is 7.76. The molecule has 1 heterocycles. The summed E-state index contributed by atoms with van der Waals surface area (Å²) in [6, 6.07) is -0.122. The van der Waals surface area contributed by atoms with E-state index in [4.69, 9.17) is 0 Å². The number of nitrogens with zero attached hydrogens (tertiary/aromatic N) is 1. The minimum absolute atomic E-state index is 0.165. The summed E-state index contributed by atoms with van der Waals surface area (Å²) in [4.78, 5) is 35.0. The van der Waals surface area contributed by atoms with Gasteiger partial charge in [0.2, 0.25) is 12.9 Å². The number of fused-ring (bicyclic) bond motifs is 1. The van der Waals surface area contributed by atoms with E-state index in [1.807, 2.05) is 0 Å². The predicted molar refractivity (Wildman–Crippen MR) is 97.2 cm³/mol. The molecule has 2 unspecified atom stereocenters. The standard InChI is InChI=1S/C16H13F8NO9S/c1-8(34-25(28)29)6-30-15(27)32-7-31-14(26)11-5-9-4-10(35(20,21,22,23)24)2-3-12(9)33-13(11)16(17,18)19/h2-5,8,13H,6-7H2,1H3. The van der Waals surface area contributed by atoms with Crippen molar-refractivity contribution in [1.29, 1.82) is 0 Å². The van der Waals surface area contributed by atoms with Crippen LogP contribution in [-0.2, 0) is 23.8 Å². The minimum Gasteiger partial charge on any atom is -0.475 e. The van der Waals surface area contributed by atoms with Crippen LogP contribution in [0.1, 0.15) is 12.5 Å². The molecule has 0 N–H and O–H groups in total. The van der Waals surface area contributed by atoms with Crippen LogP contribution in [0.4, 0.5) is 37.4 Å². The number of carbonyl (C=O) groups is 2. The highest BCUT2D eigenvalue weighted by molar-refractivity contribution is 8.45. The number of rotatable bonds is 8. The summed E-state index contributed by atoms with van der Waals surface area (Å²) in [6.45, 7) is -0.931. The summed E-state index contributed by atoms with van der Waals surface area (Å²) in [6.07, 6.45) is -11.0. The van der Waals surface area contributed by atoms with Gasteiger partial charge in [0, 0.05) is 5.56 Å². The highest BCUT2D eigenvalue weighted by Crippen LogP contribution is 3.02. The average Bonchev–Trinajstić information content (AvgIpc) is 2.67. The lowest BCUT2D eigenvalue weighted by molar-refractivity contribution is -0.767. The van der Waals surface area contributed by atoms with E-state index in [2.05, 4.69) is 23.8 Å². The van der Waals surface area contributed by atoms with Crippen LogP contribution < -0.4 is 4.74 Å². The highest BCUT2D eigenvalue weighted by Gasteiger charge is 2.65. The van der Waals surface area contributed by atoms with E-state index in [1.54, 1.807) is 0 Å². The molecule has 2 rings (SSSR count). The second kappa shape index (κ2) is 8.61. The Hall–Kier alpha value is -3.51. The SMILES string of the molecule is CC(COC(=O)OCOC(=O)C1=Cc2cc(S(F)(F)(F)(F)F)ccc2OC1C(F)(F)F)O[N+](=O)[O-]. The minimum atomic E-state index is -10.2. The van der Waals surface area contributed by atoms with Crippen LogP contribution in [0.5, 0.6) is 5.75 Å². The van der Waals surface area contributed by atoms with E-state index in [9.17, 15) is 52.3 Å². The lowest BCUT2D eigenvalue weighted by atomic mass is 10.0. The summed E-state index contributed by atoms with van der Waals surface area (Å²) in [5, 5.41) is 8.91. The molecule has 0 radical (unpaired) electrons. The quantitative estimate of drug-likeness (QED) is 0.140. The van der Waals surface area contributed by atoms with Gasteiger partial charge in [0.15, 0.2) is 0 Å². The first-order valence-electron chi connectivity index (χ1n) is 8.78. The molecule has 0 bridgehead atoms.